The Morgan fingerprint density at radius 3 is 2.36 bits per heavy atom. The van der Waals surface area contributed by atoms with Crippen LogP contribution in [0, 0.1) is 11.3 Å². The molecule has 4 rings (SSSR count). The molecule has 1 saturated carbocycles. The normalized spacial score (nSPS) is 17.4. The fourth-order valence-corrected chi connectivity index (χ4v) is 4.85. The number of hydrazine groups is 1. The zero-order valence-corrected chi connectivity index (χ0v) is 21.7. The summed E-state index contributed by atoms with van der Waals surface area (Å²) in [5.41, 5.74) is 2.72. The molecule has 2 aromatic rings. The summed E-state index contributed by atoms with van der Waals surface area (Å²) in [6.45, 7) is 6.62. The van der Waals surface area contributed by atoms with Gasteiger partial charge in [0.15, 0.2) is 17.0 Å². The summed E-state index contributed by atoms with van der Waals surface area (Å²) >= 11 is 0. The molecule has 0 atom stereocenters. The fraction of sp³-hybridized carbons (Fsp3) is 0.667. The van der Waals surface area contributed by atoms with Crippen molar-refractivity contribution in [2.75, 3.05) is 32.2 Å². The highest BCUT2D eigenvalue weighted by molar-refractivity contribution is 5.92. The average Bonchev–Trinajstić information content (AvgIpc) is 3.51. The second-order valence-corrected chi connectivity index (χ2v) is 10.7. The van der Waals surface area contributed by atoms with Crippen LogP contribution in [0.5, 0.6) is 0 Å². The van der Waals surface area contributed by atoms with Crippen LogP contribution in [0.3, 0.4) is 0 Å². The Labute approximate surface area is 211 Å². The van der Waals surface area contributed by atoms with Gasteiger partial charge in [0, 0.05) is 19.1 Å². The number of aromatic nitrogens is 4. The molecule has 1 aliphatic carbocycles. The van der Waals surface area contributed by atoms with E-state index in [0.717, 1.165) is 38.5 Å². The summed E-state index contributed by atoms with van der Waals surface area (Å²) in [7, 11) is 4.10. The first-order valence-corrected chi connectivity index (χ1v) is 12.5. The van der Waals surface area contributed by atoms with Gasteiger partial charge < -0.3 is 14.5 Å². The van der Waals surface area contributed by atoms with Crippen molar-refractivity contribution >= 4 is 29.1 Å². The van der Waals surface area contributed by atoms with Crippen LogP contribution in [0.2, 0.25) is 0 Å². The minimum Gasteiger partial charge on any atom is -0.443 e. The number of anilines is 1. The molecule has 0 bridgehead atoms. The highest BCUT2D eigenvalue weighted by Gasteiger charge is 2.32. The molecule has 1 saturated heterocycles. The maximum atomic E-state index is 13.4. The molecule has 12 nitrogen and oxygen atoms in total. The van der Waals surface area contributed by atoms with E-state index in [9.17, 15) is 14.9 Å². The molecular formula is C24H35N9O3. The van der Waals surface area contributed by atoms with E-state index in [2.05, 4.69) is 39.4 Å². The van der Waals surface area contributed by atoms with Crippen LogP contribution in [0.4, 0.5) is 15.4 Å². The van der Waals surface area contributed by atoms with Gasteiger partial charge in [-0.1, -0.05) is 12.8 Å². The van der Waals surface area contributed by atoms with E-state index in [1.165, 1.54) is 10.9 Å². The van der Waals surface area contributed by atoms with Crippen molar-refractivity contribution in [1.82, 2.24) is 34.7 Å². The van der Waals surface area contributed by atoms with Gasteiger partial charge >= 0.3 is 12.1 Å². The lowest BCUT2D eigenvalue weighted by atomic mass is 10.0. The number of piperidine rings is 1. The number of ether oxygens (including phenoxy) is 1. The van der Waals surface area contributed by atoms with E-state index in [0.29, 0.717) is 24.6 Å². The first-order chi connectivity index (χ1) is 17.1. The topological polar surface area (TPSA) is 133 Å². The van der Waals surface area contributed by atoms with Crippen molar-refractivity contribution in [3.63, 3.8) is 0 Å². The molecule has 12 heteroatoms. The van der Waals surface area contributed by atoms with Gasteiger partial charge in [0.05, 0.1) is 6.04 Å². The van der Waals surface area contributed by atoms with E-state index in [-0.39, 0.29) is 29.4 Å². The van der Waals surface area contributed by atoms with Crippen molar-refractivity contribution in [3.8, 4) is 6.07 Å². The number of nitriles is 1. The van der Waals surface area contributed by atoms with Crippen LogP contribution in [-0.2, 0) is 4.74 Å². The quantitative estimate of drug-likeness (QED) is 0.633. The van der Waals surface area contributed by atoms with E-state index in [1.807, 2.05) is 6.07 Å². The maximum absolute atomic E-state index is 13.4. The minimum atomic E-state index is -0.682. The largest absolute Gasteiger partial charge is 0.443 e. The molecule has 2 aromatic heterocycles. The summed E-state index contributed by atoms with van der Waals surface area (Å²) in [5, 5.41) is 11.3. The molecule has 2 aliphatic rings. The second kappa shape index (κ2) is 10.3. The van der Waals surface area contributed by atoms with Crippen molar-refractivity contribution < 1.29 is 14.3 Å². The van der Waals surface area contributed by atoms with Gasteiger partial charge in [-0.3, -0.25) is 5.01 Å². The van der Waals surface area contributed by atoms with E-state index in [1.54, 1.807) is 30.7 Å². The van der Waals surface area contributed by atoms with Crippen molar-refractivity contribution in [3.05, 3.63) is 12.2 Å². The number of hydrogen-bond donors (Lipinski definition) is 1. The predicted molar refractivity (Wildman–Crippen MR) is 133 cm³/mol. The van der Waals surface area contributed by atoms with Crippen molar-refractivity contribution in [2.24, 2.45) is 0 Å². The lowest BCUT2D eigenvalue weighted by Gasteiger charge is -2.35. The summed E-state index contributed by atoms with van der Waals surface area (Å²) in [6.07, 6.45) is 6.24. The molecule has 1 aliphatic heterocycles. The molecule has 0 radical (unpaired) electrons. The number of carbonyl (C=O) groups is 2. The Balaban J connectivity index is 1.69. The Bertz CT molecular complexity index is 1150. The zero-order valence-electron chi connectivity index (χ0n) is 21.7. The molecule has 1 N–H and O–H groups in total. The van der Waals surface area contributed by atoms with Crippen LogP contribution in [0.1, 0.15) is 65.1 Å². The minimum absolute atomic E-state index is 0.0481. The molecule has 2 amide bonds. The summed E-state index contributed by atoms with van der Waals surface area (Å²) in [4.78, 5) is 43.3. The molecule has 2 fully saturated rings. The summed E-state index contributed by atoms with van der Waals surface area (Å²) in [5.74, 6) is 0.180. The van der Waals surface area contributed by atoms with Gasteiger partial charge in [-0.2, -0.15) is 15.2 Å². The van der Waals surface area contributed by atoms with Gasteiger partial charge in [-0.05, 0) is 60.5 Å². The van der Waals surface area contributed by atoms with Crippen molar-refractivity contribution in [1.29, 1.82) is 5.26 Å². The number of hydrogen-bond acceptors (Lipinski definition) is 9. The standard InChI is InChI=1S/C24H35N9O3/c1-24(2,3)36-22(34)29-33(17-8-6-7-9-17)21-19-20(27-18(14-25)28-21)32(15-26-19)23(35)31-12-10-16(11-13-31)30(4)5/h15-17H,6-13H2,1-5H3,(H,29,34). The molecule has 0 unspecified atom stereocenters. The number of nitrogens with zero attached hydrogens (tertiary/aromatic N) is 8. The van der Waals surface area contributed by atoms with E-state index >= 15 is 0 Å². The first kappa shape index (κ1) is 25.6. The summed E-state index contributed by atoms with van der Waals surface area (Å²) in [6, 6.07) is 2.13. The Hall–Kier alpha value is -3.46. The number of nitrogens with one attached hydrogen (secondary N) is 1. The smallest absolute Gasteiger partial charge is 0.426 e. The average molecular weight is 498 g/mol. The third kappa shape index (κ3) is 5.51. The SMILES string of the molecule is CN(C)C1CCN(C(=O)n2cnc3c(N(NC(=O)OC(C)(C)C)C4CCCC4)nc(C#N)nc32)CC1. The third-order valence-electron chi connectivity index (χ3n) is 6.68. The van der Waals surface area contributed by atoms with Crippen LogP contribution in [0.25, 0.3) is 11.2 Å². The Morgan fingerprint density at radius 1 is 1.11 bits per heavy atom. The molecule has 0 spiro atoms. The van der Waals surface area contributed by atoms with Crippen molar-refractivity contribution in [2.45, 2.75) is 77.0 Å². The molecule has 194 valence electrons. The zero-order chi connectivity index (χ0) is 26.0. The van der Waals surface area contributed by atoms with Gasteiger partial charge in [0.1, 0.15) is 18.0 Å². The predicted octanol–water partition coefficient (Wildman–Crippen LogP) is 2.88. The highest BCUT2D eigenvalue weighted by Crippen LogP contribution is 2.30. The number of imidazole rings is 1. The van der Waals surface area contributed by atoms with E-state index < -0.39 is 11.7 Å². The molecule has 3 heterocycles. The maximum Gasteiger partial charge on any atom is 0.426 e. The number of carbonyl (C=O) groups excluding carboxylic acids is 2. The van der Waals surface area contributed by atoms with Gasteiger partial charge in [-0.15, -0.1) is 0 Å². The van der Waals surface area contributed by atoms with E-state index in [4.69, 9.17) is 4.74 Å². The first-order valence-electron chi connectivity index (χ1n) is 12.5. The number of likely N-dealkylation sites (tertiary alicyclic amines) is 1. The van der Waals surface area contributed by atoms with Gasteiger partial charge in [0.2, 0.25) is 5.82 Å². The van der Waals surface area contributed by atoms with Gasteiger partial charge in [-0.25, -0.2) is 24.6 Å². The Kier molecular flexibility index (Phi) is 7.31. The fourth-order valence-electron chi connectivity index (χ4n) is 4.85. The van der Waals surface area contributed by atoms with Gasteiger partial charge in [0.25, 0.3) is 0 Å². The highest BCUT2D eigenvalue weighted by atomic mass is 16.6. The number of amides is 2. The molecular weight excluding hydrogens is 462 g/mol. The lowest BCUT2D eigenvalue weighted by molar-refractivity contribution is 0.0514. The van der Waals surface area contributed by atoms with Crippen LogP contribution < -0.4 is 10.4 Å². The van der Waals surface area contributed by atoms with Crippen LogP contribution in [-0.4, -0.2) is 86.3 Å². The molecule has 0 aromatic carbocycles. The summed E-state index contributed by atoms with van der Waals surface area (Å²) < 4.78 is 6.85. The second-order valence-electron chi connectivity index (χ2n) is 10.7. The molecule has 36 heavy (non-hydrogen) atoms. The number of fused-ring (bicyclic) bond motifs is 1. The lowest BCUT2D eigenvalue weighted by Crippen LogP contribution is -2.50. The monoisotopic (exact) mass is 497 g/mol. The van der Waals surface area contributed by atoms with Crippen LogP contribution >= 0.6 is 0 Å². The Morgan fingerprint density at radius 2 is 1.78 bits per heavy atom. The third-order valence-corrected chi connectivity index (χ3v) is 6.68. The van der Waals surface area contributed by atoms with Crippen LogP contribution in [0.15, 0.2) is 6.33 Å². The number of rotatable bonds is 4.